The van der Waals surface area contributed by atoms with E-state index in [4.69, 9.17) is 4.74 Å². The van der Waals surface area contributed by atoms with Crippen molar-refractivity contribution in [1.82, 2.24) is 9.88 Å². The van der Waals surface area contributed by atoms with Crippen LogP contribution >= 0.6 is 15.9 Å². The highest BCUT2D eigenvalue weighted by Gasteiger charge is 2.09. The van der Waals surface area contributed by atoms with E-state index in [-0.39, 0.29) is 0 Å². The highest BCUT2D eigenvalue weighted by Crippen LogP contribution is 2.24. The topological polar surface area (TPSA) is 25.4 Å². The van der Waals surface area contributed by atoms with Gasteiger partial charge in [-0.05, 0) is 49.4 Å². The molecule has 0 saturated carbocycles. The summed E-state index contributed by atoms with van der Waals surface area (Å²) in [7, 11) is 1.70. The molecule has 0 atom stereocenters. The average Bonchev–Trinajstić information content (AvgIpc) is 2.48. The van der Waals surface area contributed by atoms with E-state index in [2.05, 4.69) is 50.9 Å². The number of aryl methyl sites for hydroxylation is 1. The molecule has 0 fully saturated rings. The van der Waals surface area contributed by atoms with Gasteiger partial charge in [-0.2, -0.15) is 0 Å². The molecule has 2 rings (SSSR count). The Kier molecular flexibility index (Phi) is 5.76. The quantitative estimate of drug-likeness (QED) is 0.782. The van der Waals surface area contributed by atoms with Gasteiger partial charge in [0, 0.05) is 23.3 Å². The zero-order valence-electron chi connectivity index (χ0n) is 12.8. The molecule has 1 aromatic carbocycles. The Balaban J connectivity index is 2.12. The van der Waals surface area contributed by atoms with Crippen LogP contribution in [0.15, 0.2) is 40.9 Å². The summed E-state index contributed by atoms with van der Waals surface area (Å²) in [6.45, 7) is 6.88. The molecule has 112 valence electrons. The lowest BCUT2D eigenvalue weighted by Crippen LogP contribution is -2.23. The normalized spacial score (nSPS) is 10.9. The Morgan fingerprint density at radius 3 is 2.67 bits per heavy atom. The summed E-state index contributed by atoms with van der Waals surface area (Å²) in [5, 5.41) is 0. The van der Waals surface area contributed by atoms with Crippen LogP contribution < -0.4 is 4.74 Å². The largest absolute Gasteiger partial charge is 0.497 e. The zero-order valence-corrected chi connectivity index (χ0v) is 14.4. The van der Waals surface area contributed by atoms with Crippen molar-refractivity contribution in [3.63, 3.8) is 0 Å². The van der Waals surface area contributed by atoms with E-state index in [0.29, 0.717) is 0 Å². The van der Waals surface area contributed by atoms with Gasteiger partial charge in [-0.15, -0.1) is 0 Å². The molecule has 0 spiro atoms. The van der Waals surface area contributed by atoms with Crippen molar-refractivity contribution in [3.8, 4) is 5.75 Å². The highest BCUT2D eigenvalue weighted by molar-refractivity contribution is 9.10. The minimum atomic E-state index is 0.849. The molecule has 2 aromatic rings. The van der Waals surface area contributed by atoms with Crippen LogP contribution in [0.2, 0.25) is 0 Å². The molecule has 0 bridgehead atoms. The van der Waals surface area contributed by atoms with E-state index in [1.54, 1.807) is 7.11 Å². The summed E-state index contributed by atoms with van der Waals surface area (Å²) in [4.78, 5) is 6.94. The molecule has 0 aliphatic heterocycles. The monoisotopic (exact) mass is 348 g/mol. The minimum Gasteiger partial charge on any atom is -0.497 e. The van der Waals surface area contributed by atoms with Crippen molar-refractivity contribution >= 4 is 15.9 Å². The first kappa shape index (κ1) is 16.0. The molecule has 0 N–H and O–H groups in total. The number of halogens is 1. The van der Waals surface area contributed by atoms with Crippen LogP contribution in [0.4, 0.5) is 0 Å². The number of aromatic nitrogens is 1. The molecular weight excluding hydrogens is 328 g/mol. The molecule has 0 saturated heterocycles. The Hall–Kier alpha value is -1.39. The zero-order chi connectivity index (χ0) is 15.2. The highest BCUT2D eigenvalue weighted by atomic mass is 79.9. The van der Waals surface area contributed by atoms with Crippen molar-refractivity contribution < 1.29 is 4.74 Å². The smallest absolute Gasteiger partial charge is 0.119 e. The first-order valence-corrected chi connectivity index (χ1v) is 7.89. The summed E-state index contributed by atoms with van der Waals surface area (Å²) >= 11 is 3.62. The summed E-state index contributed by atoms with van der Waals surface area (Å²) in [5.41, 5.74) is 3.39. The van der Waals surface area contributed by atoms with E-state index >= 15 is 0 Å². The number of ether oxygens (including phenoxy) is 1. The SMILES string of the molecule is CCN(Cc1cccc(C)n1)Cc1cc(OC)ccc1Br. The Bertz CT molecular complexity index is 601. The van der Waals surface area contributed by atoms with Gasteiger partial charge >= 0.3 is 0 Å². The predicted octanol–water partition coefficient (Wildman–Crippen LogP) is 4.18. The second kappa shape index (κ2) is 7.57. The average molecular weight is 349 g/mol. The fourth-order valence-electron chi connectivity index (χ4n) is 2.24. The Morgan fingerprint density at radius 1 is 1.19 bits per heavy atom. The first-order valence-electron chi connectivity index (χ1n) is 7.09. The molecule has 1 heterocycles. The number of hydrogen-bond acceptors (Lipinski definition) is 3. The molecule has 0 radical (unpaired) electrons. The molecule has 3 nitrogen and oxygen atoms in total. The fraction of sp³-hybridized carbons (Fsp3) is 0.353. The maximum absolute atomic E-state index is 5.31. The van der Waals surface area contributed by atoms with Gasteiger partial charge in [-0.3, -0.25) is 9.88 Å². The number of rotatable bonds is 6. The van der Waals surface area contributed by atoms with Crippen molar-refractivity contribution in [2.45, 2.75) is 26.9 Å². The van der Waals surface area contributed by atoms with Crippen LogP contribution in [0.25, 0.3) is 0 Å². The van der Waals surface area contributed by atoms with E-state index in [0.717, 1.165) is 41.2 Å². The summed E-state index contributed by atoms with van der Waals surface area (Å²) < 4.78 is 6.42. The fourth-order valence-corrected chi connectivity index (χ4v) is 2.61. The van der Waals surface area contributed by atoms with Crippen LogP contribution in [0.5, 0.6) is 5.75 Å². The lowest BCUT2D eigenvalue weighted by atomic mass is 10.2. The van der Waals surface area contributed by atoms with Gasteiger partial charge in [0.2, 0.25) is 0 Å². The van der Waals surface area contributed by atoms with Crippen LogP contribution in [0.3, 0.4) is 0 Å². The third-order valence-electron chi connectivity index (χ3n) is 3.43. The lowest BCUT2D eigenvalue weighted by molar-refractivity contribution is 0.267. The number of methoxy groups -OCH3 is 1. The number of benzene rings is 1. The Labute approximate surface area is 135 Å². The van der Waals surface area contributed by atoms with Gasteiger partial charge in [-0.25, -0.2) is 0 Å². The summed E-state index contributed by atoms with van der Waals surface area (Å²) in [5.74, 6) is 0.887. The summed E-state index contributed by atoms with van der Waals surface area (Å²) in [6.07, 6.45) is 0. The second-order valence-electron chi connectivity index (χ2n) is 5.03. The van der Waals surface area contributed by atoms with Gasteiger partial charge < -0.3 is 4.74 Å². The van der Waals surface area contributed by atoms with Crippen LogP contribution in [0, 0.1) is 6.92 Å². The third kappa shape index (κ3) is 4.55. The summed E-state index contributed by atoms with van der Waals surface area (Å²) in [6, 6.07) is 12.2. The molecular formula is C17H21BrN2O. The molecule has 21 heavy (non-hydrogen) atoms. The maximum Gasteiger partial charge on any atom is 0.119 e. The Morgan fingerprint density at radius 2 is 2.00 bits per heavy atom. The van der Waals surface area contributed by atoms with Gasteiger partial charge in [0.25, 0.3) is 0 Å². The predicted molar refractivity (Wildman–Crippen MR) is 89.5 cm³/mol. The standard InChI is InChI=1S/C17H21BrN2O/c1-4-20(12-15-7-5-6-13(2)19-15)11-14-10-16(21-3)8-9-17(14)18/h5-10H,4,11-12H2,1-3H3. The maximum atomic E-state index is 5.31. The number of nitrogens with zero attached hydrogens (tertiary/aromatic N) is 2. The van der Waals surface area contributed by atoms with E-state index in [9.17, 15) is 0 Å². The lowest BCUT2D eigenvalue weighted by Gasteiger charge is -2.21. The van der Waals surface area contributed by atoms with Crippen LogP contribution in [-0.4, -0.2) is 23.5 Å². The molecule has 0 aliphatic carbocycles. The van der Waals surface area contributed by atoms with E-state index in [1.165, 1.54) is 5.56 Å². The molecule has 0 aliphatic rings. The van der Waals surface area contributed by atoms with Crippen molar-refractivity contribution in [2.75, 3.05) is 13.7 Å². The number of pyridine rings is 1. The van der Waals surface area contributed by atoms with Gasteiger partial charge in [0.1, 0.15) is 5.75 Å². The molecule has 1 aromatic heterocycles. The van der Waals surface area contributed by atoms with Crippen LogP contribution in [0.1, 0.15) is 23.9 Å². The van der Waals surface area contributed by atoms with E-state index < -0.39 is 0 Å². The number of hydrogen-bond donors (Lipinski definition) is 0. The van der Waals surface area contributed by atoms with Crippen molar-refractivity contribution in [2.24, 2.45) is 0 Å². The van der Waals surface area contributed by atoms with Crippen molar-refractivity contribution in [1.29, 1.82) is 0 Å². The van der Waals surface area contributed by atoms with E-state index in [1.807, 2.05) is 25.1 Å². The van der Waals surface area contributed by atoms with Gasteiger partial charge in [0.05, 0.1) is 12.8 Å². The van der Waals surface area contributed by atoms with Gasteiger partial charge in [-0.1, -0.05) is 28.9 Å². The van der Waals surface area contributed by atoms with Gasteiger partial charge in [0.15, 0.2) is 0 Å². The molecule has 4 heteroatoms. The molecule has 0 unspecified atom stereocenters. The minimum absolute atomic E-state index is 0.849. The molecule has 0 amide bonds. The second-order valence-corrected chi connectivity index (χ2v) is 5.89. The third-order valence-corrected chi connectivity index (χ3v) is 4.20. The first-order chi connectivity index (χ1) is 10.1. The van der Waals surface area contributed by atoms with Crippen LogP contribution in [-0.2, 0) is 13.1 Å². The van der Waals surface area contributed by atoms with Crippen molar-refractivity contribution in [3.05, 3.63) is 57.8 Å².